The molecule has 0 unspecified atom stereocenters. The number of carbonyl (C=O) groups is 1. The predicted octanol–water partition coefficient (Wildman–Crippen LogP) is 0.994. The Morgan fingerprint density at radius 1 is 1.43 bits per heavy atom. The van der Waals surface area contributed by atoms with Crippen LogP contribution in [-0.2, 0) is 0 Å². The van der Waals surface area contributed by atoms with E-state index in [0.717, 1.165) is 5.71 Å². The molecule has 6 nitrogen and oxygen atoms in total. The fourth-order valence-corrected chi connectivity index (χ4v) is 0.686. The van der Waals surface area contributed by atoms with Crippen molar-refractivity contribution in [2.45, 2.75) is 13.8 Å². The van der Waals surface area contributed by atoms with Gasteiger partial charge < -0.3 is 5.32 Å². The lowest BCUT2D eigenvalue weighted by molar-refractivity contribution is 0.252. The van der Waals surface area contributed by atoms with E-state index in [-0.39, 0.29) is 0 Å². The van der Waals surface area contributed by atoms with E-state index in [0.29, 0.717) is 5.69 Å². The van der Waals surface area contributed by atoms with Gasteiger partial charge >= 0.3 is 6.03 Å². The zero-order chi connectivity index (χ0) is 10.4. The lowest BCUT2D eigenvalue weighted by Crippen LogP contribution is -2.24. The number of amides is 2. The second-order valence-electron chi connectivity index (χ2n) is 2.76. The van der Waals surface area contributed by atoms with Crippen LogP contribution in [0.1, 0.15) is 13.8 Å². The normalized spacial score (nSPS) is 9.00. The van der Waals surface area contributed by atoms with Crippen molar-refractivity contribution in [3.05, 3.63) is 18.5 Å². The van der Waals surface area contributed by atoms with E-state index in [1.165, 1.54) is 12.4 Å². The lowest BCUT2D eigenvalue weighted by Gasteiger charge is -2.02. The molecule has 0 aromatic carbocycles. The number of carbonyl (C=O) groups excluding carboxylic acids is 1. The van der Waals surface area contributed by atoms with Crippen LogP contribution in [0.5, 0.6) is 0 Å². The van der Waals surface area contributed by atoms with Crippen molar-refractivity contribution >= 4 is 17.4 Å². The number of nitrogens with zero attached hydrogens (tertiary/aromatic N) is 3. The van der Waals surface area contributed by atoms with Crippen molar-refractivity contribution in [1.82, 2.24) is 15.6 Å². The molecule has 0 atom stereocenters. The zero-order valence-corrected chi connectivity index (χ0v) is 7.98. The van der Waals surface area contributed by atoms with Gasteiger partial charge in [0.1, 0.15) is 0 Å². The number of nitrogens with one attached hydrogen (secondary N) is 2. The maximum atomic E-state index is 11.1. The Morgan fingerprint density at radius 3 is 2.79 bits per heavy atom. The number of hydrogen-bond acceptors (Lipinski definition) is 4. The molecule has 6 heteroatoms. The Morgan fingerprint density at radius 2 is 2.21 bits per heavy atom. The molecule has 0 bridgehead atoms. The molecular weight excluding hydrogens is 182 g/mol. The fraction of sp³-hybridized carbons (Fsp3) is 0.250. The summed E-state index contributed by atoms with van der Waals surface area (Å²) in [7, 11) is 0. The number of hydrogen-bond donors (Lipinski definition) is 2. The SMILES string of the molecule is CC(C)=NNC(=O)Nc1ccnnc1. The Balaban J connectivity index is 2.46. The van der Waals surface area contributed by atoms with Gasteiger partial charge in [0.05, 0.1) is 18.1 Å². The van der Waals surface area contributed by atoms with Gasteiger partial charge in [-0.05, 0) is 19.9 Å². The summed E-state index contributed by atoms with van der Waals surface area (Å²) in [6.07, 6.45) is 2.94. The van der Waals surface area contributed by atoms with Gasteiger partial charge in [0, 0.05) is 5.71 Å². The maximum Gasteiger partial charge on any atom is 0.339 e. The first-order valence-electron chi connectivity index (χ1n) is 4.03. The van der Waals surface area contributed by atoms with Crippen LogP contribution in [0.15, 0.2) is 23.6 Å². The third kappa shape index (κ3) is 3.61. The second kappa shape index (κ2) is 4.90. The van der Waals surface area contributed by atoms with E-state index in [1.54, 1.807) is 19.9 Å². The smallest absolute Gasteiger partial charge is 0.305 e. The first-order chi connectivity index (χ1) is 6.68. The van der Waals surface area contributed by atoms with E-state index in [4.69, 9.17) is 0 Å². The maximum absolute atomic E-state index is 11.1. The molecule has 0 saturated carbocycles. The molecule has 1 rings (SSSR count). The quantitative estimate of drug-likeness (QED) is 0.543. The molecule has 0 saturated heterocycles. The van der Waals surface area contributed by atoms with Crippen LogP contribution in [0.25, 0.3) is 0 Å². The van der Waals surface area contributed by atoms with Crippen molar-refractivity contribution in [1.29, 1.82) is 0 Å². The minimum Gasteiger partial charge on any atom is -0.305 e. The standard InChI is InChI=1S/C8H11N5O/c1-6(2)12-13-8(14)11-7-3-4-9-10-5-7/h3-5H,1-2H3,(H2,9,11,13,14). The molecule has 2 amide bonds. The molecule has 0 aliphatic heterocycles. The monoisotopic (exact) mass is 193 g/mol. The molecule has 0 spiro atoms. The van der Waals surface area contributed by atoms with Crippen LogP contribution in [-0.4, -0.2) is 21.9 Å². The van der Waals surface area contributed by atoms with Crippen molar-refractivity contribution < 1.29 is 4.79 Å². The van der Waals surface area contributed by atoms with Gasteiger partial charge in [-0.2, -0.15) is 15.3 Å². The molecule has 0 aliphatic rings. The van der Waals surface area contributed by atoms with Crippen molar-refractivity contribution in [2.75, 3.05) is 5.32 Å². The highest BCUT2D eigenvalue weighted by atomic mass is 16.2. The van der Waals surface area contributed by atoms with Crippen LogP contribution in [0.3, 0.4) is 0 Å². The minimum absolute atomic E-state index is 0.404. The Hall–Kier alpha value is -1.98. The summed E-state index contributed by atoms with van der Waals surface area (Å²) in [5.41, 5.74) is 3.66. The second-order valence-corrected chi connectivity index (χ2v) is 2.76. The third-order valence-corrected chi connectivity index (χ3v) is 1.22. The minimum atomic E-state index is -0.404. The van der Waals surface area contributed by atoms with Crippen LogP contribution in [0, 0.1) is 0 Å². The summed E-state index contributed by atoms with van der Waals surface area (Å²) in [4.78, 5) is 11.1. The topological polar surface area (TPSA) is 79.3 Å². The van der Waals surface area contributed by atoms with Crippen molar-refractivity contribution in [3.8, 4) is 0 Å². The first kappa shape index (κ1) is 10.1. The summed E-state index contributed by atoms with van der Waals surface area (Å²) in [6.45, 7) is 3.57. The molecule has 0 aliphatic carbocycles. The number of rotatable bonds is 2. The highest BCUT2D eigenvalue weighted by Gasteiger charge is 1.98. The summed E-state index contributed by atoms with van der Waals surface area (Å²) in [5.74, 6) is 0. The Kier molecular flexibility index (Phi) is 3.54. The van der Waals surface area contributed by atoms with Crippen molar-refractivity contribution in [2.24, 2.45) is 5.10 Å². The van der Waals surface area contributed by atoms with Gasteiger partial charge in [-0.15, -0.1) is 0 Å². The summed E-state index contributed by atoms with van der Waals surface area (Å²) < 4.78 is 0. The first-order valence-corrected chi connectivity index (χ1v) is 4.03. The molecule has 0 radical (unpaired) electrons. The van der Waals surface area contributed by atoms with E-state index in [9.17, 15) is 4.79 Å². The predicted molar refractivity (Wildman–Crippen MR) is 53.0 cm³/mol. The summed E-state index contributed by atoms with van der Waals surface area (Å²) >= 11 is 0. The van der Waals surface area contributed by atoms with Crippen LogP contribution in [0.4, 0.5) is 10.5 Å². The average Bonchev–Trinajstić information content (AvgIpc) is 2.16. The van der Waals surface area contributed by atoms with Crippen molar-refractivity contribution in [3.63, 3.8) is 0 Å². The van der Waals surface area contributed by atoms with E-state index in [2.05, 4.69) is 26.0 Å². The molecular formula is C8H11N5O. The lowest BCUT2D eigenvalue weighted by atomic mass is 10.5. The highest BCUT2D eigenvalue weighted by molar-refractivity contribution is 5.90. The van der Waals surface area contributed by atoms with Gasteiger partial charge in [-0.1, -0.05) is 0 Å². The molecule has 1 heterocycles. The molecule has 0 fully saturated rings. The molecule has 1 aromatic rings. The Labute approximate surface area is 81.4 Å². The summed E-state index contributed by atoms with van der Waals surface area (Å²) in [6, 6.07) is 1.23. The largest absolute Gasteiger partial charge is 0.339 e. The van der Waals surface area contributed by atoms with E-state index < -0.39 is 6.03 Å². The van der Waals surface area contributed by atoms with Crippen LogP contribution < -0.4 is 10.7 Å². The number of hydrazone groups is 1. The number of anilines is 1. The van der Waals surface area contributed by atoms with Crippen LogP contribution >= 0.6 is 0 Å². The van der Waals surface area contributed by atoms with E-state index in [1.807, 2.05) is 0 Å². The van der Waals surface area contributed by atoms with Gasteiger partial charge in [0.15, 0.2) is 0 Å². The molecule has 74 valence electrons. The molecule has 14 heavy (non-hydrogen) atoms. The molecule has 1 aromatic heterocycles. The van der Waals surface area contributed by atoms with E-state index >= 15 is 0 Å². The number of urea groups is 1. The third-order valence-electron chi connectivity index (χ3n) is 1.22. The van der Waals surface area contributed by atoms with Gasteiger partial charge in [0.2, 0.25) is 0 Å². The highest BCUT2D eigenvalue weighted by Crippen LogP contribution is 1.99. The van der Waals surface area contributed by atoms with Crippen LogP contribution in [0.2, 0.25) is 0 Å². The summed E-state index contributed by atoms with van der Waals surface area (Å²) in [5, 5.41) is 13.5. The van der Waals surface area contributed by atoms with Gasteiger partial charge in [-0.25, -0.2) is 10.2 Å². The zero-order valence-electron chi connectivity index (χ0n) is 7.98. The fourth-order valence-electron chi connectivity index (χ4n) is 0.686. The van der Waals surface area contributed by atoms with Gasteiger partial charge in [0.25, 0.3) is 0 Å². The molecule has 2 N–H and O–H groups in total. The Bertz CT molecular complexity index is 331. The van der Waals surface area contributed by atoms with Gasteiger partial charge in [-0.3, -0.25) is 0 Å². The average molecular weight is 193 g/mol. The number of aromatic nitrogens is 2.